The van der Waals surface area contributed by atoms with Crippen molar-refractivity contribution in [3.05, 3.63) is 0 Å². The lowest BCUT2D eigenvalue weighted by Crippen LogP contribution is -2.70. The van der Waals surface area contributed by atoms with Crippen LogP contribution in [0.2, 0.25) is 0 Å². The highest BCUT2D eigenvalue weighted by Gasteiger charge is 2.53. The summed E-state index contributed by atoms with van der Waals surface area (Å²) in [5.41, 5.74) is 0.379. The van der Waals surface area contributed by atoms with E-state index in [0.717, 1.165) is 29.8 Å². The first-order chi connectivity index (χ1) is 6.82. The topological polar surface area (TPSA) is 3.24 Å². The summed E-state index contributed by atoms with van der Waals surface area (Å²) in [5.74, 6) is 2.73. The zero-order valence-corrected chi connectivity index (χ0v) is 11.2. The van der Waals surface area contributed by atoms with E-state index in [0.29, 0.717) is 5.54 Å². The Bertz CT molecular complexity index is 238. The third kappa shape index (κ3) is 1.73. The average molecular weight is 209 g/mol. The largest absolute Gasteiger partial charge is 0.292 e. The van der Waals surface area contributed by atoms with Gasteiger partial charge in [-0.3, -0.25) is 4.90 Å². The first-order valence-electron chi connectivity index (χ1n) is 6.61. The molecule has 1 nitrogen and oxygen atoms in total. The Balaban J connectivity index is 2.10. The van der Waals surface area contributed by atoms with Gasteiger partial charge in [-0.25, -0.2) is 0 Å². The van der Waals surface area contributed by atoms with Gasteiger partial charge in [0.05, 0.1) is 0 Å². The maximum absolute atomic E-state index is 2.77. The van der Waals surface area contributed by atoms with Gasteiger partial charge in [0, 0.05) is 17.6 Å². The minimum absolute atomic E-state index is 0.379. The van der Waals surface area contributed by atoms with Gasteiger partial charge < -0.3 is 0 Å². The van der Waals surface area contributed by atoms with Crippen molar-refractivity contribution >= 4 is 0 Å². The molecule has 3 rings (SSSR count). The van der Waals surface area contributed by atoms with Gasteiger partial charge in [-0.1, -0.05) is 20.8 Å². The Kier molecular flexibility index (Phi) is 2.65. The molecular formula is C14H27N. The SMILES string of the molecule is CC(C)C1CC2CC(C1C)N2C(C)(C)C. The molecule has 2 saturated heterocycles. The Morgan fingerprint density at radius 3 is 2.13 bits per heavy atom. The van der Waals surface area contributed by atoms with Gasteiger partial charge >= 0.3 is 0 Å². The summed E-state index contributed by atoms with van der Waals surface area (Å²) >= 11 is 0. The molecule has 0 aromatic carbocycles. The molecule has 15 heavy (non-hydrogen) atoms. The van der Waals surface area contributed by atoms with Crippen molar-refractivity contribution < 1.29 is 0 Å². The highest BCUT2D eigenvalue weighted by atomic mass is 15.3. The Morgan fingerprint density at radius 2 is 1.73 bits per heavy atom. The van der Waals surface area contributed by atoms with Crippen molar-refractivity contribution in [3.63, 3.8) is 0 Å². The van der Waals surface area contributed by atoms with E-state index in [1.54, 1.807) is 0 Å². The summed E-state index contributed by atoms with van der Waals surface area (Å²) in [6.45, 7) is 14.4. The van der Waals surface area contributed by atoms with Gasteiger partial charge in [0.2, 0.25) is 0 Å². The van der Waals surface area contributed by atoms with E-state index in [-0.39, 0.29) is 0 Å². The lowest BCUT2D eigenvalue weighted by molar-refractivity contribution is -0.145. The lowest BCUT2D eigenvalue weighted by Gasteiger charge is -2.64. The molecule has 0 aromatic rings. The minimum atomic E-state index is 0.379. The summed E-state index contributed by atoms with van der Waals surface area (Å²) in [4.78, 5) is 2.77. The zero-order chi connectivity index (χ0) is 11.4. The van der Waals surface area contributed by atoms with E-state index in [1.165, 1.54) is 12.8 Å². The lowest BCUT2D eigenvalue weighted by atomic mass is 9.62. The van der Waals surface area contributed by atoms with Crippen molar-refractivity contribution in [1.82, 2.24) is 4.90 Å². The number of nitrogens with zero attached hydrogens (tertiary/aromatic N) is 1. The molecule has 2 aliphatic heterocycles. The smallest absolute Gasteiger partial charge is 0.0147 e. The second-order valence-corrected chi connectivity index (χ2v) is 7.04. The van der Waals surface area contributed by atoms with E-state index in [4.69, 9.17) is 0 Å². The maximum Gasteiger partial charge on any atom is 0.0147 e. The molecule has 2 bridgehead atoms. The standard InChI is InChI=1S/C14H27N/c1-9(2)12-7-11-8-13(10(12)3)15(11)14(4,5)6/h9-13H,7-8H2,1-6H3. The van der Waals surface area contributed by atoms with Crippen LogP contribution >= 0.6 is 0 Å². The van der Waals surface area contributed by atoms with Crippen LogP contribution < -0.4 is 0 Å². The molecular weight excluding hydrogens is 182 g/mol. The third-order valence-corrected chi connectivity index (χ3v) is 4.72. The molecule has 0 N–H and O–H groups in total. The van der Waals surface area contributed by atoms with Crippen molar-refractivity contribution in [1.29, 1.82) is 0 Å². The molecule has 2 heterocycles. The van der Waals surface area contributed by atoms with Crippen LogP contribution in [0.5, 0.6) is 0 Å². The van der Waals surface area contributed by atoms with Gasteiger partial charge in [-0.05, 0) is 51.4 Å². The number of hydrogen-bond acceptors (Lipinski definition) is 1. The van der Waals surface area contributed by atoms with Crippen LogP contribution in [0.4, 0.5) is 0 Å². The van der Waals surface area contributed by atoms with Crippen LogP contribution in [-0.2, 0) is 0 Å². The van der Waals surface area contributed by atoms with E-state index in [1.807, 2.05) is 0 Å². The minimum Gasteiger partial charge on any atom is -0.292 e. The molecule has 3 aliphatic rings. The molecule has 4 atom stereocenters. The molecule has 4 unspecified atom stereocenters. The summed E-state index contributed by atoms with van der Waals surface area (Å²) in [6, 6.07) is 1.76. The summed E-state index contributed by atoms with van der Waals surface area (Å²) in [7, 11) is 0. The molecule has 1 saturated carbocycles. The zero-order valence-electron chi connectivity index (χ0n) is 11.2. The summed E-state index contributed by atoms with van der Waals surface area (Å²) < 4.78 is 0. The fourth-order valence-electron chi connectivity index (χ4n) is 4.06. The summed E-state index contributed by atoms with van der Waals surface area (Å²) in [5, 5.41) is 0. The average Bonchev–Trinajstić information content (AvgIpc) is 1.98. The highest BCUT2D eigenvalue weighted by Crippen LogP contribution is 2.50. The second-order valence-electron chi connectivity index (χ2n) is 7.04. The first kappa shape index (κ1) is 11.4. The fourth-order valence-corrected chi connectivity index (χ4v) is 4.06. The van der Waals surface area contributed by atoms with Crippen molar-refractivity contribution in [2.24, 2.45) is 17.8 Å². The Hall–Kier alpha value is -0.0400. The number of fused-ring (bicyclic) bond motifs is 2. The maximum atomic E-state index is 2.77. The van der Waals surface area contributed by atoms with Gasteiger partial charge in [0.25, 0.3) is 0 Å². The van der Waals surface area contributed by atoms with Crippen LogP contribution in [0.3, 0.4) is 0 Å². The van der Waals surface area contributed by atoms with Gasteiger partial charge in [0.15, 0.2) is 0 Å². The molecule has 1 aliphatic carbocycles. The van der Waals surface area contributed by atoms with Crippen molar-refractivity contribution in [2.45, 2.75) is 72.0 Å². The second kappa shape index (κ2) is 3.48. The predicted octanol–water partition coefficient (Wildman–Crippen LogP) is 3.54. The van der Waals surface area contributed by atoms with Gasteiger partial charge in [-0.2, -0.15) is 0 Å². The van der Waals surface area contributed by atoms with Crippen LogP contribution in [0.25, 0.3) is 0 Å². The number of rotatable bonds is 1. The van der Waals surface area contributed by atoms with Crippen molar-refractivity contribution in [3.8, 4) is 0 Å². The van der Waals surface area contributed by atoms with Gasteiger partial charge in [0.1, 0.15) is 0 Å². The molecule has 0 spiro atoms. The predicted molar refractivity (Wildman–Crippen MR) is 65.9 cm³/mol. The fraction of sp³-hybridized carbons (Fsp3) is 1.00. The van der Waals surface area contributed by atoms with E-state index < -0.39 is 0 Å². The molecule has 0 radical (unpaired) electrons. The number of hydrogen-bond donors (Lipinski definition) is 0. The van der Waals surface area contributed by atoms with E-state index in [9.17, 15) is 0 Å². The number of piperidine rings is 1. The molecule has 0 amide bonds. The van der Waals surface area contributed by atoms with E-state index in [2.05, 4.69) is 46.4 Å². The van der Waals surface area contributed by atoms with E-state index >= 15 is 0 Å². The van der Waals surface area contributed by atoms with Gasteiger partial charge in [-0.15, -0.1) is 0 Å². The monoisotopic (exact) mass is 209 g/mol. The first-order valence-corrected chi connectivity index (χ1v) is 6.61. The molecule has 3 fully saturated rings. The molecule has 88 valence electrons. The Morgan fingerprint density at radius 1 is 1.13 bits per heavy atom. The van der Waals surface area contributed by atoms with Crippen LogP contribution in [-0.4, -0.2) is 22.5 Å². The Labute approximate surface area is 95.2 Å². The molecule has 0 aromatic heterocycles. The van der Waals surface area contributed by atoms with Crippen LogP contribution in [0, 0.1) is 17.8 Å². The molecule has 1 heteroatoms. The quantitative estimate of drug-likeness (QED) is 0.638. The van der Waals surface area contributed by atoms with Crippen LogP contribution in [0.1, 0.15) is 54.4 Å². The third-order valence-electron chi connectivity index (χ3n) is 4.72. The highest BCUT2D eigenvalue weighted by molar-refractivity contribution is 5.07. The normalized spacial score (nSPS) is 41.8. The summed E-state index contributed by atoms with van der Waals surface area (Å²) in [6.07, 6.45) is 2.90. The van der Waals surface area contributed by atoms with Crippen molar-refractivity contribution in [2.75, 3.05) is 0 Å². The van der Waals surface area contributed by atoms with Crippen LogP contribution in [0.15, 0.2) is 0 Å².